The minimum absolute atomic E-state index is 0. The van der Waals surface area contributed by atoms with Gasteiger partial charge in [0.25, 0.3) is 10.2 Å². The third-order valence-electron chi connectivity index (χ3n) is 3.37. The van der Waals surface area contributed by atoms with Gasteiger partial charge in [-0.15, -0.1) is 12.4 Å². The number of ether oxygens (including phenoxy) is 1. The molecule has 0 aromatic carbocycles. The first-order chi connectivity index (χ1) is 8.39. The smallest absolute Gasteiger partial charge is 0.282 e. The van der Waals surface area contributed by atoms with Gasteiger partial charge in [0.15, 0.2) is 0 Å². The highest BCUT2D eigenvalue weighted by Crippen LogP contribution is 2.18. The van der Waals surface area contributed by atoms with Crippen LogP contribution in [0.5, 0.6) is 0 Å². The first-order valence-corrected chi connectivity index (χ1v) is 7.93. The van der Waals surface area contributed by atoms with Gasteiger partial charge in [0.2, 0.25) is 0 Å². The number of piperazine rings is 1. The molecule has 2 aliphatic heterocycles. The summed E-state index contributed by atoms with van der Waals surface area (Å²) >= 11 is 0. The number of morpholine rings is 1. The van der Waals surface area contributed by atoms with Crippen LogP contribution in [0.25, 0.3) is 0 Å². The fraction of sp³-hybridized carbons (Fsp3) is 1.00. The van der Waals surface area contributed by atoms with Gasteiger partial charge in [-0.05, 0) is 20.8 Å². The number of nitrogens with one attached hydrogen (secondary N) is 1. The first-order valence-electron chi connectivity index (χ1n) is 6.53. The normalized spacial score (nSPS) is 34.8. The van der Waals surface area contributed by atoms with Crippen molar-refractivity contribution in [1.82, 2.24) is 13.9 Å². The van der Waals surface area contributed by atoms with Crippen LogP contribution in [-0.4, -0.2) is 68.0 Å². The Hall–Kier alpha value is 0.0800. The summed E-state index contributed by atoms with van der Waals surface area (Å²) in [5.74, 6) is 0. The number of nitrogens with zero attached hydrogens (tertiary/aromatic N) is 2. The molecule has 1 N–H and O–H groups in total. The topological polar surface area (TPSA) is 61.9 Å². The van der Waals surface area contributed by atoms with E-state index in [1.807, 2.05) is 20.8 Å². The molecular formula is C11H24ClN3O3S. The highest BCUT2D eigenvalue weighted by Gasteiger charge is 2.36. The molecule has 8 heteroatoms. The predicted molar refractivity (Wildman–Crippen MR) is 76.8 cm³/mol. The fourth-order valence-electron chi connectivity index (χ4n) is 2.59. The molecule has 3 unspecified atom stereocenters. The van der Waals surface area contributed by atoms with Crippen molar-refractivity contribution in [3.8, 4) is 0 Å². The molecule has 0 radical (unpaired) electrons. The molecule has 0 aliphatic carbocycles. The third kappa shape index (κ3) is 4.03. The SMILES string of the molecule is CC1CN(S(=O)(=O)N2CC(C)OC(C)C2)CCN1.Cl. The number of halogens is 1. The molecular weight excluding hydrogens is 290 g/mol. The molecule has 2 heterocycles. The summed E-state index contributed by atoms with van der Waals surface area (Å²) in [7, 11) is -3.34. The lowest BCUT2D eigenvalue weighted by molar-refractivity contribution is -0.0456. The van der Waals surface area contributed by atoms with Crippen molar-refractivity contribution in [1.29, 1.82) is 0 Å². The lowest BCUT2D eigenvalue weighted by Crippen LogP contribution is -2.58. The summed E-state index contributed by atoms with van der Waals surface area (Å²) in [5, 5.41) is 3.26. The Bertz CT molecular complexity index is 383. The number of rotatable bonds is 2. The summed E-state index contributed by atoms with van der Waals surface area (Å²) in [6.45, 7) is 8.55. The van der Waals surface area contributed by atoms with E-state index in [1.54, 1.807) is 8.61 Å². The van der Waals surface area contributed by atoms with Gasteiger partial charge in [0.1, 0.15) is 0 Å². The van der Waals surface area contributed by atoms with Crippen LogP contribution in [-0.2, 0) is 14.9 Å². The molecule has 0 spiro atoms. The van der Waals surface area contributed by atoms with Gasteiger partial charge >= 0.3 is 0 Å². The summed E-state index contributed by atoms with van der Waals surface area (Å²) in [4.78, 5) is 0. The van der Waals surface area contributed by atoms with Gasteiger partial charge in [-0.25, -0.2) is 0 Å². The Labute approximate surface area is 122 Å². The van der Waals surface area contributed by atoms with E-state index in [2.05, 4.69) is 5.32 Å². The molecule has 2 rings (SSSR count). The van der Waals surface area contributed by atoms with Crippen LogP contribution in [0.2, 0.25) is 0 Å². The molecule has 2 fully saturated rings. The van der Waals surface area contributed by atoms with E-state index < -0.39 is 10.2 Å². The Morgan fingerprint density at radius 2 is 1.63 bits per heavy atom. The van der Waals surface area contributed by atoms with Gasteiger partial charge < -0.3 is 10.1 Å². The van der Waals surface area contributed by atoms with Crippen molar-refractivity contribution < 1.29 is 13.2 Å². The maximum absolute atomic E-state index is 12.5. The Morgan fingerprint density at radius 3 is 2.16 bits per heavy atom. The average molecular weight is 314 g/mol. The molecule has 0 bridgehead atoms. The highest BCUT2D eigenvalue weighted by atomic mass is 35.5. The molecule has 19 heavy (non-hydrogen) atoms. The van der Waals surface area contributed by atoms with Gasteiger partial charge in [-0.3, -0.25) is 0 Å². The van der Waals surface area contributed by atoms with E-state index in [0.717, 1.165) is 6.54 Å². The maximum Gasteiger partial charge on any atom is 0.282 e. The second-order valence-electron chi connectivity index (χ2n) is 5.30. The van der Waals surface area contributed by atoms with Gasteiger partial charge in [-0.2, -0.15) is 17.0 Å². The van der Waals surface area contributed by atoms with E-state index >= 15 is 0 Å². The van der Waals surface area contributed by atoms with E-state index in [-0.39, 0.29) is 30.7 Å². The van der Waals surface area contributed by atoms with Crippen molar-refractivity contribution in [2.45, 2.75) is 39.0 Å². The predicted octanol–water partition coefficient (Wildman–Crippen LogP) is 0.0559. The Kier molecular flexibility index (Phi) is 6.03. The van der Waals surface area contributed by atoms with Crippen molar-refractivity contribution in [2.75, 3.05) is 32.7 Å². The average Bonchev–Trinajstić information content (AvgIpc) is 2.27. The monoisotopic (exact) mass is 313 g/mol. The fourth-order valence-corrected chi connectivity index (χ4v) is 4.45. The lowest BCUT2D eigenvalue weighted by atomic mass is 10.3. The van der Waals surface area contributed by atoms with Gasteiger partial charge in [0.05, 0.1) is 12.2 Å². The molecule has 0 aromatic rings. The van der Waals surface area contributed by atoms with Crippen LogP contribution in [0, 0.1) is 0 Å². The van der Waals surface area contributed by atoms with Crippen molar-refractivity contribution in [3.63, 3.8) is 0 Å². The first kappa shape index (κ1) is 17.1. The zero-order valence-electron chi connectivity index (χ0n) is 11.7. The summed E-state index contributed by atoms with van der Waals surface area (Å²) < 4.78 is 33.8. The molecule has 2 aliphatic rings. The van der Waals surface area contributed by atoms with Crippen molar-refractivity contribution in [2.24, 2.45) is 0 Å². The van der Waals surface area contributed by atoms with Crippen molar-refractivity contribution >= 4 is 22.6 Å². The van der Waals surface area contributed by atoms with Crippen LogP contribution >= 0.6 is 12.4 Å². The molecule has 114 valence electrons. The lowest BCUT2D eigenvalue weighted by Gasteiger charge is -2.39. The second-order valence-corrected chi connectivity index (χ2v) is 7.22. The van der Waals surface area contributed by atoms with E-state index in [0.29, 0.717) is 26.2 Å². The van der Waals surface area contributed by atoms with E-state index in [4.69, 9.17) is 4.74 Å². The molecule has 3 atom stereocenters. The Morgan fingerprint density at radius 1 is 1.05 bits per heavy atom. The zero-order valence-corrected chi connectivity index (χ0v) is 13.3. The highest BCUT2D eigenvalue weighted by molar-refractivity contribution is 7.86. The largest absolute Gasteiger partial charge is 0.373 e. The zero-order chi connectivity index (χ0) is 13.3. The van der Waals surface area contributed by atoms with Crippen LogP contribution in [0.15, 0.2) is 0 Å². The maximum atomic E-state index is 12.5. The quantitative estimate of drug-likeness (QED) is 0.783. The molecule has 0 aromatic heterocycles. The van der Waals surface area contributed by atoms with E-state index in [9.17, 15) is 8.42 Å². The molecule has 0 amide bonds. The third-order valence-corrected chi connectivity index (χ3v) is 5.31. The molecule has 2 saturated heterocycles. The van der Waals surface area contributed by atoms with E-state index in [1.165, 1.54) is 0 Å². The Balaban J connectivity index is 0.00000180. The summed E-state index contributed by atoms with van der Waals surface area (Å²) in [5.41, 5.74) is 0. The molecule has 0 saturated carbocycles. The van der Waals surface area contributed by atoms with Gasteiger partial charge in [-0.1, -0.05) is 0 Å². The number of hydrogen-bond donors (Lipinski definition) is 1. The van der Waals surface area contributed by atoms with Crippen LogP contribution in [0.1, 0.15) is 20.8 Å². The molecule has 6 nitrogen and oxygen atoms in total. The second kappa shape index (κ2) is 6.69. The summed E-state index contributed by atoms with van der Waals surface area (Å²) in [6.07, 6.45) is -0.0762. The number of hydrogen-bond acceptors (Lipinski definition) is 4. The standard InChI is InChI=1S/C11H23N3O3S.ClH/c1-9-6-13(5-4-12-9)18(15,16)14-7-10(2)17-11(3)8-14;/h9-12H,4-8H2,1-3H3;1H. The minimum Gasteiger partial charge on any atom is -0.373 e. The minimum atomic E-state index is -3.34. The van der Waals surface area contributed by atoms with Crippen LogP contribution < -0.4 is 5.32 Å². The van der Waals surface area contributed by atoms with Crippen LogP contribution in [0.4, 0.5) is 0 Å². The summed E-state index contributed by atoms with van der Waals surface area (Å²) in [6, 6.07) is 0.212. The van der Waals surface area contributed by atoms with Gasteiger partial charge in [0, 0.05) is 38.8 Å². The van der Waals surface area contributed by atoms with Crippen molar-refractivity contribution in [3.05, 3.63) is 0 Å². The van der Waals surface area contributed by atoms with Crippen LogP contribution in [0.3, 0.4) is 0 Å².